The molecule has 0 saturated carbocycles. The molecule has 0 N–H and O–H groups in total. The number of hydrogen-bond donors (Lipinski definition) is 0. The molecule has 1 rings (SSSR count). The summed E-state index contributed by atoms with van der Waals surface area (Å²) < 4.78 is 0. The topological polar surface area (TPSA) is 0 Å². The third-order valence-corrected chi connectivity index (χ3v) is 2.48. The molecule has 0 spiro atoms. The summed E-state index contributed by atoms with van der Waals surface area (Å²) in [7, 11) is 0. The van der Waals surface area contributed by atoms with Gasteiger partial charge in [-0.15, -0.1) is 0 Å². The molecule has 88 valence electrons. The summed E-state index contributed by atoms with van der Waals surface area (Å²) in [5.74, 6) is 0. The average Bonchev–Trinajstić information content (AvgIpc) is 2.19. The summed E-state index contributed by atoms with van der Waals surface area (Å²) in [6.07, 6.45) is 8.00. The van der Waals surface area contributed by atoms with E-state index in [4.69, 9.17) is 0 Å². The zero-order valence-electron chi connectivity index (χ0n) is 11.1. The van der Waals surface area contributed by atoms with E-state index in [1.54, 1.807) is 0 Å². The summed E-state index contributed by atoms with van der Waals surface area (Å²) in [6, 6.07) is 8.92. The minimum Gasteiger partial charge on any atom is -0.0840 e. The lowest BCUT2D eigenvalue weighted by Gasteiger charge is -2.17. The van der Waals surface area contributed by atoms with E-state index in [0.717, 1.165) is 6.42 Å². The molecule has 0 unspecified atom stereocenters. The molecule has 0 amide bonds. The predicted molar refractivity (Wildman–Crippen MR) is 73.5 cm³/mol. The van der Waals surface area contributed by atoms with E-state index >= 15 is 0 Å². The lowest BCUT2D eigenvalue weighted by molar-refractivity contribution is 0.411. The Morgan fingerprint density at radius 2 is 1.69 bits per heavy atom. The fourth-order valence-corrected chi connectivity index (χ4v) is 1.75. The van der Waals surface area contributed by atoms with Crippen LogP contribution in [0.5, 0.6) is 0 Å². The molecule has 0 saturated heterocycles. The molecule has 0 nitrogen and oxygen atoms in total. The molecule has 0 fully saturated rings. The van der Waals surface area contributed by atoms with E-state index < -0.39 is 0 Å². The van der Waals surface area contributed by atoms with Crippen molar-refractivity contribution >= 4 is 6.08 Å². The van der Waals surface area contributed by atoms with Gasteiger partial charge < -0.3 is 0 Å². The van der Waals surface area contributed by atoms with Crippen LogP contribution in [0.3, 0.4) is 0 Å². The van der Waals surface area contributed by atoms with Crippen LogP contribution < -0.4 is 0 Å². The van der Waals surface area contributed by atoms with Crippen molar-refractivity contribution in [1.82, 2.24) is 0 Å². The van der Waals surface area contributed by atoms with Crippen LogP contribution in [0.2, 0.25) is 0 Å². The van der Waals surface area contributed by atoms with E-state index in [9.17, 15) is 0 Å². The number of benzene rings is 1. The highest BCUT2D eigenvalue weighted by atomic mass is 14.2. The highest BCUT2D eigenvalue weighted by Crippen LogP contribution is 2.20. The van der Waals surface area contributed by atoms with Crippen molar-refractivity contribution in [2.45, 2.75) is 47.0 Å². The lowest BCUT2D eigenvalue weighted by atomic mass is 9.88. The van der Waals surface area contributed by atoms with Gasteiger partial charge in [0.15, 0.2) is 0 Å². The van der Waals surface area contributed by atoms with Crippen molar-refractivity contribution in [3.05, 3.63) is 41.5 Å². The Labute approximate surface area is 100 Å². The second-order valence-electron chi connectivity index (χ2n) is 5.67. The van der Waals surface area contributed by atoms with Crippen LogP contribution in [0.15, 0.2) is 30.3 Å². The Bertz CT molecular complexity index is 322. The Balaban J connectivity index is 2.61. The van der Waals surface area contributed by atoms with E-state index in [1.165, 1.54) is 24.0 Å². The van der Waals surface area contributed by atoms with Crippen LogP contribution >= 0.6 is 0 Å². The van der Waals surface area contributed by atoms with Crippen molar-refractivity contribution in [2.24, 2.45) is 5.41 Å². The first-order chi connectivity index (χ1) is 7.51. The highest BCUT2D eigenvalue weighted by molar-refractivity contribution is 5.49. The monoisotopic (exact) mass is 216 g/mol. The minimum atomic E-state index is 0.375. The van der Waals surface area contributed by atoms with Gasteiger partial charge in [0.1, 0.15) is 0 Å². The van der Waals surface area contributed by atoms with Crippen LogP contribution in [0, 0.1) is 5.41 Å². The zero-order valence-corrected chi connectivity index (χ0v) is 11.1. The molecule has 0 radical (unpaired) electrons. The second kappa shape index (κ2) is 5.89. The zero-order chi connectivity index (χ0) is 12.0. The smallest absolute Gasteiger partial charge is 0.0230 e. The van der Waals surface area contributed by atoms with Gasteiger partial charge in [-0.1, -0.05) is 70.5 Å². The number of hydrogen-bond acceptors (Lipinski definition) is 0. The molecule has 0 aliphatic rings. The maximum Gasteiger partial charge on any atom is -0.0230 e. The van der Waals surface area contributed by atoms with Gasteiger partial charge in [0.2, 0.25) is 0 Å². The molecule has 1 aromatic carbocycles. The normalized spacial score (nSPS) is 12.2. The van der Waals surface area contributed by atoms with Gasteiger partial charge in [-0.25, -0.2) is 0 Å². The summed E-state index contributed by atoms with van der Waals surface area (Å²) in [5.41, 5.74) is 3.12. The van der Waals surface area contributed by atoms with Crippen molar-refractivity contribution in [2.75, 3.05) is 0 Å². The number of allylic oxidation sites excluding steroid dienone is 1. The summed E-state index contributed by atoms with van der Waals surface area (Å²) in [6.45, 7) is 9.04. The molecule has 0 atom stereocenters. The summed E-state index contributed by atoms with van der Waals surface area (Å²) >= 11 is 0. The van der Waals surface area contributed by atoms with Crippen molar-refractivity contribution in [1.29, 1.82) is 0 Å². The first-order valence-corrected chi connectivity index (χ1v) is 6.27. The van der Waals surface area contributed by atoms with Crippen LogP contribution in [-0.2, 0) is 6.42 Å². The van der Waals surface area contributed by atoms with Gasteiger partial charge in [-0.05, 0) is 29.4 Å². The Hall–Kier alpha value is -1.04. The highest BCUT2D eigenvalue weighted by Gasteiger charge is 2.10. The molecule has 0 aliphatic heterocycles. The van der Waals surface area contributed by atoms with Crippen molar-refractivity contribution in [3.8, 4) is 0 Å². The van der Waals surface area contributed by atoms with Crippen molar-refractivity contribution in [3.63, 3.8) is 0 Å². The third-order valence-electron chi connectivity index (χ3n) is 2.48. The Morgan fingerprint density at radius 1 is 1.06 bits per heavy atom. The molecule has 0 heteroatoms. The Morgan fingerprint density at radius 3 is 2.19 bits per heavy atom. The lowest BCUT2D eigenvalue weighted by Crippen LogP contribution is -2.08. The summed E-state index contributed by atoms with van der Waals surface area (Å²) in [4.78, 5) is 0. The van der Waals surface area contributed by atoms with Gasteiger partial charge in [-0.3, -0.25) is 0 Å². The van der Waals surface area contributed by atoms with E-state index in [2.05, 4.69) is 64.1 Å². The van der Waals surface area contributed by atoms with Gasteiger partial charge >= 0.3 is 0 Å². The maximum atomic E-state index is 2.28. The standard InChI is InChI=1S/C16H24/c1-5-6-7-8-14-9-11-15(12-10-14)13-16(2,3)4/h7-12H,5-6,13H2,1-4H3. The maximum absolute atomic E-state index is 2.28. The van der Waals surface area contributed by atoms with E-state index in [1.807, 2.05) is 0 Å². The predicted octanol–water partition coefficient (Wildman–Crippen LogP) is 5.09. The molecule has 0 aliphatic carbocycles. The molecule has 1 aromatic rings. The van der Waals surface area contributed by atoms with Gasteiger partial charge in [-0.2, -0.15) is 0 Å². The fraction of sp³-hybridized carbons (Fsp3) is 0.500. The van der Waals surface area contributed by atoms with E-state index in [0.29, 0.717) is 5.41 Å². The Kier molecular flexibility index (Phi) is 4.79. The number of unbranched alkanes of at least 4 members (excludes halogenated alkanes) is 1. The second-order valence-corrected chi connectivity index (χ2v) is 5.67. The molecule has 0 bridgehead atoms. The van der Waals surface area contributed by atoms with Gasteiger partial charge in [0.25, 0.3) is 0 Å². The molecule has 16 heavy (non-hydrogen) atoms. The minimum absolute atomic E-state index is 0.375. The SMILES string of the molecule is CCCC=Cc1ccc(CC(C)(C)C)cc1. The molecular formula is C16H24. The van der Waals surface area contributed by atoms with Gasteiger partial charge in [0, 0.05) is 0 Å². The van der Waals surface area contributed by atoms with Crippen LogP contribution in [-0.4, -0.2) is 0 Å². The van der Waals surface area contributed by atoms with Crippen LogP contribution in [0.25, 0.3) is 6.08 Å². The molecular weight excluding hydrogens is 192 g/mol. The summed E-state index contributed by atoms with van der Waals surface area (Å²) in [5, 5.41) is 0. The van der Waals surface area contributed by atoms with E-state index in [-0.39, 0.29) is 0 Å². The molecule has 0 aromatic heterocycles. The fourth-order valence-electron chi connectivity index (χ4n) is 1.75. The third kappa shape index (κ3) is 5.16. The largest absolute Gasteiger partial charge is 0.0840 e. The average molecular weight is 216 g/mol. The van der Waals surface area contributed by atoms with Crippen LogP contribution in [0.1, 0.15) is 51.7 Å². The number of rotatable bonds is 4. The first kappa shape index (κ1) is 13.0. The first-order valence-electron chi connectivity index (χ1n) is 6.27. The molecule has 0 heterocycles. The van der Waals surface area contributed by atoms with Crippen LogP contribution in [0.4, 0.5) is 0 Å². The quantitative estimate of drug-likeness (QED) is 0.657. The van der Waals surface area contributed by atoms with Crippen molar-refractivity contribution < 1.29 is 0 Å². The van der Waals surface area contributed by atoms with Gasteiger partial charge in [0.05, 0.1) is 0 Å².